The van der Waals surface area contributed by atoms with Gasteiger partial charge in [0.05, 0.1) is 5.69 Å². The second-order valence-electron chi connectivity index (χ2n) is 5.95. The molecule has 0 saturated carbocycles. The molecule has 0 fully saturated rings. The number of benzene rings is 2. The molecule has 2 aromatic heterocycles. The van der Waals surface area contributed by atoms with Crippen LogP contribution in [-0.2, 0) is 0 Å². The molecular weight excluding hydrogens is 282 g/mol. The molecule has 0 spiro atoms. The van der Waals surface area contributed by atoms with Crippen LogP contribution in [0.5, 0.6) is 0 Å². The molecule has 0 aliphatic heterocycles. The first kappa shape index (κ1) is 13.8. The number of rotatable bonds is 2. The van der Waals surface area contributed by atoms with Gasteiger partial charge in [-0.2, -0.15) is 0 Å². The third-order valence-corrected chi connectivity index (χ3v) is 4.03. The van der Waals surface area contributed by atoms with Crippen molar-refractivity contribution in [2.75, 3.05) is 0 Å². The Balaban J connectivity index is 1.80. The Hall–Kier alpha value is -2.87. The van der Waals surface area contributed by atoms with Gasteiger partial charge in [0.2, 0.25) is 0 Å². The first-order valence-corrected chi connectivity index (χ1v) is 7.73. The monoisotopic (exact) mass is 299 g/mol. The molecule has 0 saturated heterocycles. The van der Waals surface area contributed by atoms with E-state index < -0.39 is 0 Å². The zero-order valence-electron chi connectivity index (χ0n) is 13.2. The van der Waals surface area contributed by atoms with Crippen molar-refractivity contribution in [2.45, 2.75) is 13.8 Å². The number of furan rings is 1. The van der Waals surface area contributed by atoms with Gasteiger partial charge < -0.3 is 4.42 Å². The molecule has 2 heterocycles. The second kappa shape index (κ2) is 5.40. The lowest BCUT2D eigenvalue weighted by atomic mass is 10.0. The molecule has 0 N–H and O–H groups in total. The van der Waals surface area contributed by atoms with Crippen molar-refractivity contribution in [2.24, 2.45) is 0 Å². The summed E-state index contributed by atoms with van der Waals surface area (Å²) in [4.78, 5) is 4.47. The smallest absolute Gasteiger partial charge is 0.135 e. The van der Waals surface area contributed by atoms with Gasteiger partial charge in [-0.1, -0.05) is 30.3 Å². The Morgan fingerprint density at radius 2 is 1.61 bits per heavy atom. The Bertz CT molecular complexity index is 998. The van der Waals surface area contributed by atoms with Crippen molar-refractivity contribution in [1.82, 2.24) is 4.98 Å². The van der Waals surface area contributed by atoms with Gasteiger partial charge in [-0.05, 0) is 55.3 Å². The topological polar surface area (TPSA) is 26.0 Å². The van der Waals surface area contributed by atoms with Crippen LogP contribution in [0, 0.1) is 13.8 Å². The number of fused-ring (bicyclic) bond motifs is 1. The fourth-order valence-electron chi connectivity index (χ4n) is 2.81. The first-order valence-electron chi connectivity index (χ1n) is 7.73. The normalized spacial score (nSPS) is 11.0. The molecule has 23 heavy (non-hydrogen) atoms. The fourth-order valence-corrected chi connectivity index (χ4v) is 2.81. The van der Waals surface area contributed by atoms with Gasteiger partial charge >= 0.3 is 0 Å². The molecular formula is C21H17NO. The van der Waals surface area contributed by atoms with E-state index in [0.29, 0.717) is 0 Å². The lowest BCUT2D eigenvalue weighted by Crippen LogP contribution is -1.85. The predicted octanol–water partition coefficient (Wildman–Crippen LogP) is 5.78. The number of nitrogens with zero attached hydrogens (tertiary/aromatic N) is 1. The Morgan fingerprint density at radius 3 is 2.48 bits per heavy atom. The molecule has 0 aliphatic rings. The third-order valence-electron chi connectivity index (χ3n) is 4.03. The SMILES string of the molecule is Cc1ccnc(-c2cccc(-c3cc4ccc(C)cc4o3)c2)c1. The van der Waals surface area contributed by atoms with E-state index in [1.165, 1.54) is 11.1 Å². The summed E-state index contributed by atoms with van der Waals surface area (Å²) in [5, 5.41) is 1.13. The quantitative estimate of drug-likeness (QED) is 0.469. The zero-order valence-corrected chi connectivity index (χ0v) is 13.2. The minimum absolute atomic E-state index is 0.889. The number of hydrogen-bond acceptors (Lipinski definition) is 2. The molecule has 0 radical (unpaired) electrons. The second-order valence-corrected chi connectivity index (χ2v) is 5.95. The maximum Gasteiger partial charge on any atom is 0.135 e. The first-order chi connectivity index (χ1) is 11.2. The average molecular weight is 299 g/mol. The van der Waals surface area contributed by atoms with Gasteiger partial charge in [0.1, 0.15) is 11.3 Å². The lowest BCUT2D eigenvalue weighted by molar-refractivity contribution is 0.631. The van der Waals surface area contributed by atoms with Crippen molar-refractivity contribution in [3.63, 3.8) is 0 Å². The molecule has 0 atom stereocenters. The Morgan fingerprint density at radius 1 is 0.783 bits per heavy atom. The number of pyridine rings is 1. The molecule has 4 aromatic rings. The van der Waals surface area contributed by atoms with Crippen LogP contribution < -0.4 is 0 Å². The van der Waals surface area contributed by atoms with E-state index in [2.05, 4.69) is 67.4 Å². The largest absolute Gasteiger partial charge is 0.456 e. The minimum Gasteiger partial charge on any atom is -0.456 e. The van der Waals surface area contributed by atoms with E-state index >= 15 is 0 Å². The van der Waals surface area contributed by atoms with Crippen LogP contribution in [0.15, 0.2) is 71.3 Å². The van der Waals surface area contributed by atoms with Crippen LogP contribution in [-0.4, -0.2) is 4.98 Å². The van der Waals surface area contributed by atoms with Crippen LogP contribution in [0.25, 0.3) is 33.6 Å². The van der Waals surface area contributed by atoms with E-state index in [1.54, 1.807) is 0 Å². The summed E-state index contributed by atoms with van der Waals surface area (Å²) in [6.45, 7) is 4.16. The Kier molecular flexibility index (Phi) is 3.23. The molecule has 0 unspecified atom stereocenters. The van der Waals surface area contributed by atoms with E-state index in [0.717, 1.165) is 33.6 Å². The predicted molar refractivity (Wildman–Crippen MR) is 94.4 cm³/mol. The number of aromatic nitrogens is 1. The summed E-state index contributed by atoms with van der Waals surface area (Å²) in [5.74, 6) is 0.889. The highest BCUT2D eigenvalue weighted by Crippen LogP contribution is 2.30. The van der Waals surface area contributed by atoms with E-state index in [4.69, 9.17) is 4.42 Å². The molecule has 2 heteroatoms. The highest BCUT2D eigenvalue weighted by Gasteiger charge is 2.08. The Labute approximate surface area is 135 Å². The van der Waals surface area contributed by atoms with Crippen LogP contribution in [0.1, 0.15) is 11.1 Å². The zero-order chi connectivity index (χ0) is 15.8. The van der Waals surface area contributed by atoms with Crippen LogP contribution in [0.3, 0.4) is 0 Å². The summed E-state index contributed by atoms with van der Waals surface area (Å²) >= 11 is 0. The highest BCUT2D eigenvalue weighted by molar-refractivity contribution is 5.84. The third kappa shape index (κ3) is 2.64. The minimum atomic E-state index is 0.889. The van der Waals surface area contributed by atoms with Crippen LogP contribution in [0.4, 0.5) is 0 Å². The highest BCUT2D eigenvalue weighted by atomic mass is 16.3. The standard InChI is InChI=1S/C21H17NO/c1-14-6-7-18-13-21(23-20(18)11-14)17-5-3-4-16(12-17)19-10-15(2)8-9-22-19/h3-13H,1-2H3. The maximum absolute atomic E-state index is 6.03. The van der Waals surface area contributed by atoms with Crippen molar-refractivity contribution in [1.29, 1.82) is 0 Å². The molecule has 0 amide bonds. The summed E-state index contributed by atoms with van der Waals surface area (Å²) < 4.78 is 6.03. The average Bonchev–Trinajstić information content (AvgIpc) is 2.98. The van der Waals surface area contributed by atoms with Crippen molar-refractivity contribution < 1.29 is 4.42 Å². The number of aryl methyl sites for hydroxylation is 2. The van der Waals surface area contributed by atoms with Crippen molar-refractivity contribution in [3.05, 3.63) is 78.0 Å². The van der Waals surface area contributed by atoms with Gasteiger partial charge in [0.15, 0.2) is 0 Å². The molecule has 112 valence electrons. The molecule has 0 aliphatic carbocycles. The van der Waals surface area contributed by atoms with E-state index in [-0.39, 0.29) is 0 Å². The number of hydrogen-bond donors (Lipinski definition) is 0. The summed E-state index contributed by atoms with van der Waals surface area (Å²) in [6.07, 6.45) is 1.85. The van der Waals surface area contributed by atoms with Gasteiger partial charge in [-0.3, -0.25) is 4.98 Å². The lowest BCUT2D eigenvalue weighted by Gasteiger charge is -2.04. The molecule has 2 aromatic carbocycles. The van der Waals surface area contributed by atoms with E-state index in [9.17, 15) is 0 Å². The van der Waals surface area contributed by atoms with E-state index in [1.807, 2.05) is 18.3 Å². The molecule has 0 bridgehead atoms. The van der Waals surface area contributed by atoms with Crippen molar-refractivity contribution >= 4 is 11.0 Å². The fraction of sp³-hybridized carbons (Fsp3) is 0.0952. The van der Waals surface area contributed by atoms with Crippen molar-refractivity contribution in [3.8, 4) is 22.6 Å². The van der Waals surface area contributed by atoms with Gasteiger partial charge in [-0.25, -0.2) is 0 Å². The van der Waals surface area contributed by atoms with Gasteiger partial charge in [-0.15, -0.1) is 0 Å². The van der Waals surface area contributed by atoms with Gasteiger partial charge in [0, 0.05) is 22.7 Å². The van der Waals surface area contributed by atoms with Crippen LogP contribution in [0.2, 0.25) is 0 Å². The van der Waals surface area contributed by atoms with Crippen LogP contribution >= 0.6 is 0 Å². The molecule has 4 rings (SSSR count). The summed E-state index contributed by atoms with van der Waals surface area (Å²) in [5.41, 5.74) is 6.50. The molecule has 2 nitrogen and oxygen atoms in total. The summed E-state index contributed by atoms with van der Waals surface area (Å²) in [7, 11) is 0. The maximum atomic E-state index is 6.03. The van der Waals surface area contributed by atoms with Gasteiger partial charge in [0.25, 0.3) is 0 Å². The summed E-state index contributed by atoms with van der Waals surface area (Å²) in [6, 6.07) is 20.8.